The fraction of sp³-hybridized carbons (Fsp3) is 0.391. The number of ether oxygens (including phenoxy) is 2. The number of guanidine groups is 1. The van der Waals surface area contributed by atoms with Gasteiger partial charge in [-0.25, -0.2) is 0 Å². The number of amides is 1. The molecule has 7 heteroatoms. The molecule has 0 spiro atoms. The first kappa shape index (κ1) is 21.8. The van der Waals surface area contributed by atoms with Crippen LogP contribution in [0, 0.1) is 6.92 Å². The Labute approximate surface area is 178 Å². The zero-order chi connectivity index (χ0) is 21.2. The number of carbonyl (C=O) groups excluding carboxylic acids is 1. The van der Waals surface area contributed by atoms with E-state index in [1.807, 2.05) is 38.1 Å². The molecule has 0 aliphatic carbocycles. The summed E-state index contributed by atoms with van der Waals surface area (Å²) in [5.74, 6) is 0.958. The molecular formula is C23H30N4O3. The molecule has 0 radical (unpaired) electrons. The average Bonchev–Trinajstić information content (AvgIpc) is 2.77. The summed E-state index contributed by atoms with van der Waals surface area (Å²) in [6.45, 7) is 9.29. The molecule has 1 aliphatic rings. The lowest BCUT2D eigenvalue weighted by molar-refractivity contribution is 0.0394. The third-order valence-electron chi connectivity index (χ3n) is 4.76. The zero-order valence-corrected chi connectivity index (χ0v) is 17.7. The average molecular weight is 411 g/mol. The molecule has 7 nitrogen and oxygen atoms in total. The number of aliphatic imine (C=N–C) groups is 1. The Balaban J connectivity index is 1.66. The predicted molar refractivity (Wildman–Crippen MR) is 119 cm³/mol. The van der Waals surface area contributed by atoms with Crippen molar-refractivity contribution in [2.75, 3.05) is 51.3 Å². The second kappa shape index (κ2) is 11.3. The maximum Gasteiger partial charge on any atom is 0.257 e. The van der Waals surface area contributed by atoms with E-state index in [0.717, 1.165) is 44.3 Å². The molecule has 2 aromatic carbocycles. The minimum atomic E-state index is -0.220. The van der Waals surface area contributed by atoms with Crippen molar-refractivity contribution in [3.63, 3.8) is 0 Å². The van der Waals surface area contributed by atoms with Gasteiger partial charge in [0.05, 0.1) is 26.4 Å². The van der Waals surface area contributed by atoms with Gasteiger partial charge in [-0.1, -0.05) is 17.7 Å². The lowest BCUT2D eigenvalue weighted by Crippen LogP contribution is -2.39. The number of anilines is 1. The number of rotatable bonds is 7. The third kappa shape index (κ3) is 6.86. The van der Waals surface area contributed by atoms with E-state index in [4.69, 9.17) is 9.47 Å². The Morgan fingerprint density at radius 1 is 1.10 bits per heavy atom. The number of morpholine rings is 1. The number of aryl methyl sites for hydroxylation is 1. The van der Waals surface area contributed by atoms with E-state index in [-0.39, 0.29) is 5.91 Å². The second-order valence-corrected chi connectivity index (χ2v) is 7.09. The summed E-state index contributed by atoms with van der Waals surface area (Å²) in [6, 6.07) is 15.0. The molecule has 2 N–H and O–H groups in total. The fourth-order valence-corrected chi connectivity index (χ4v) is 3.06. The van der Waals surface area contributed by atoms with Crippen molar-refractivity contribution < 1.29 is 14.3 Å². The molecular weight excluding hydrogens is 380 g/mol. The van der Waals surface area contributed by atoms with Gasteiger partial charge < -0.3 is 14.8 Å². The Kier molecular flexibility index (Phi) is 8.23. The van der Waals surface area contributed by atoms with Crippen molar-refractivity contribution in [3.8, 4) is 5.75 Å². The van der Waals surface area contributed by atoms with Crippen molar-refractivity contribution in [1.29, 1.82) is 0 Å². The van der Waals surface area contributed by atoms with E-state index in [1.165, 1.54) is 5.56 Å². The van der Waals surface area contributed by atoms with Crippen LogP contribution in [-0.4, -0.2) is 62.8 Å². The molecule has 3 rings (SSSR count). The van der Waals surface area contributed by atoms with Gasteiger partial charge in [0.15, 0.2) is 0 Å². The molecule has 160 valence electrons. The van der Waals surface area contributed by atoms with Crippen molar-refractivity contribution in [3.05, 3.63) is 59.7 Å². The van der Waals surface area contributed by atoms with Crippen LogP contribution in [0.15, 0.2) is 53.5 Å². The minimum Gasteiger partial charge on any atom is -0.494 e. The summed E-state index contributed by atoms with van der Waals surface area (Å²) in [7, 11) is 0. The molecule has 0 saturated carbocycles. The van der Waals surface area contributed by atoms with Gasteiger partial charge >= 0.3 is 0 Å². The van der Waals surface area contributed by atoms with Crippen LogP contribution in [-0.2, 0) is 4.74 Å². The molecule has 0 atom stereocenters. The Morgan fingerprint density at radius 3 is 2.47 bits per heavy atom. The molecule has 0 unspecified atom stereocenters. The highest BCUT2D eigenvalue weighted by molar-refractivity contribution is 6.10. The summed E-state index contributed by atoms with van der Waals surface area (Å²) in [5.41, 5.74) is 2.59. The first-order chi connectivity index (χ1) is 14.6. The molecule has 1 amide bonds. The summed E-state index contributed by atoms with van der Waals surface area (Å²) in [5, 5.41) is 6.13. The summed E-state index contributed by atoms with van der Waals surface area (Å²) in [4.78, 5) is 19.7. The molecule has 0 bridgehead atoms. The predicted octanol–water partition coefficient (Wildman–Crippen LogP) is 2.92. The van der Waals surface area contributed by atoms with E-state index < -0.39 is 0 Å². The summed E-state index contributed by atoms with van der Waals surface area (Å²) >= 11 is 0. The maximum atomic E-state index is 12.7. The van der Waals surface area contributed by atoms with Crippen LogP contribution in [0.2, 0.25) is 0 Å². The monoisotopic (exact) mass is 410 g/mol. The van der Waals surface area contributed by atoms with Gasteiger partial charge in [-0.3, -0.25) is 20.0 Å². The first-order valence-electron chi connectivity index (χ1n) is 10.4. The first-order valence-corrected chi connectivity index (χ1v) is 10.4. The van der Waals surface area contributed by atoms with Crippen LogP contribution in [0.3, 0.4) is 0 Å². The minimum absolute atomic E-state index is 0.220. The van der Waals surface area contributed by atoms with Gasteiger partial charge in [-0.05, 0) is 50.2 Å². The highest BCUT2D eigenvalue weighted by Crippen LogP contribution is 2.12. The highest BCUT2D eigenvalue weighted by Gasteiger charge is 2.12. The fourth-order valence-electron chi connectivity index (χ4n) is 3.06. The smallest absolute Gasteiger partial charge is 0.257 e. The number of nitrogens with one attached hydrogen (secondary N) is 2. The van der Waals surface area contributed by atoms with Gasteiger partial charge in [0.1, 0.15) is 5.75 Å². The summed E-state index contributed by atoms with van der Waals surface area (Å²) in [6.07, 6.45) is 0. The molecule has 1 saturated heterocycles. The Hall–Kier alpha value is -2.90. The number of hydrogen-bond donors (Lipinski definition) is 2. The van der Waals surface area contributed by atoms with Crippen LogP contribution >= 0.6 is 0 Å². The second-order valence-electron chi connectivity index (χ2n) is 7.09. The maximum absolute atomic E-state index is 12.7. The molecule has 0 aromatic heterocycles. The highest BCUT2D eigenvalue weighted by atomic mass is 16.5. The molecule has 2 aromatic rings. The number of nitrogens with zero attached hydrogens (tertiary/aromatic N) is 2. The lowest BCUT2D eigenvalue weighted by Gasteiger charge is -2.25. The molecule has 1 heterocycles. The van der Waals surface area contributed by atoms with Crippen molar-refractivity contribution in [2.24, 2.45) is 4.99 Å². The zero-order valence-electron chi connectivity index (χ0n) is 17.7. The number of carbonyl (C=O) groups is 1. The van der Waals surface area contributed by atoms with Crippen LogP contribution in [0.1, 0.15) is 22.8 Å². The van der Waals surface area contributed by atoms with Crippen molar-refractivity contribution >= 4 is 17.6 Å². The SMILES string of the molecule is CCOc1ccc(C(=O)NC(=NCCN2CCOCC2)Nc2ccc(C)cc2)cc1. The Morgan fingerprint density at radius 2 is 1.80 bits per heavy atom. The van der Waals surface area contributed by atoms with Gasteiger partial charge in [0.2, 0.25) is 5.96 Å². The topological polar surface area (TPSA) is 75.2 Å². The van der Waals surface area contributed by atoms with Crippen LogP contribution in [0.4, 0.5) is 5.69 Å². The summed E-state index contributed by atoms with van der Waals surface area (Å²) < 4.78 is 10.8. The van der Waals surface area contributed by atoms with Gasteiger partial charge in [0.25, 0.3) is 5.91 Å². The Bertz CT molecular complexity index is 829. The standard InChI is InChI=1S/C23H30N4O3/c1-3-30-21-10-6-19(7-11-21)22(28)26-23(25-20-8-4-18(2)5-9-20)24-12-13-27-14-16-29-17-15-27/h4-11H,3,12-17H2,1-2H3,(H2,24,25,26,28). The van der Waals surface area contributed by atoms with E-state index in [1.54, 1.807) is 24.3 Å². The molecule has 1 fully saturated rings. The van der Waals surface area contributed by atoms with E-state index >= 15 is 0 Å². The number of hydrogen-bond acceptors (Lipinski definition) is 5. The van der Waals surface area contributed by atoms with E-state index in [9.17, 15) is 4.79 Å². The van der Waals surface area contributed by atoms with Crippen LogP contribution in [0.5, 0.6) is 5.75 Å². The van der Waals surface area contributed by atoms with E-state index in [0.29, 0.717) is 24.7 Å². The van der Waals surface area contributed by atoms with Gasteiger partial charge in [-0.15, -0.1) is 0 Å². The van der Waals surface area contributed by atoms with Crippen LogP contribution < -0.4 is 15.4 Å². The van der Waals surface area contributed by atoms with Gasteiger partial charge in [0, 0.05) is 30.9 Å². The normalized spacial score (nSPS) is 14.9. The van der Waals surface area contributed by atoms with E-state index in [2.05, 4.69) is 20.5 Å². The molecule has 1 aliphatic heterocycles. The number of benzene rings is 2. The quantitative estimate of drug-likeness (QED) is 0.542. The third-order valence-corrected chi connectivity index (χ3v) is 4.76. The molecule has 30 heavy (non-hydrogen) atoms. The van der Waals surface area contributed by atoms with Crippen LogP contribution in [0.25, 0.3) is 0 Å². The van der Waals surface area contributed by atoms with Gasteiger partial charge in [-0.2, -0.15) is 0 Å². The van der Waals surface area contributed by atoms with Crippen molar-refractivity contribution in [1.82, 2.24) is 10.2 Å². The lowest BCUT2D eigenvalue weighted by atomic mass is 10.2. The largest absolute Gasteiger partial charge is 0.494 e. The van der Waals surface area contributed by atoms with Crippen molar-refractivity contribution in [2.45, 2.75) is 13.8 Å².